The minimum atomic E-state index is 0.136. The third-order valence-corrected chi connectivity index (χ3v) is 2.99. The van der Waals surface area contributed by atoms with Crippen LogP contribution < -0.4 is 4.78 Å². The van der Waals surface area contributed by atoms with Crippen molar-refractivity contribution in [1.82, 2.24) is 0 Å². The molecule has 0 aliphatic rings. The number of rotatable bonds is 2. The standard InChI is InChI=1S/C10H9BOS/c12-11-10-7-6-9(13-10)8-4-2-1-3-5-8/h1-7,11-12H. The molecule has 0 aliphatic carbocycles. The highest BCUT2D eigenvalue weighted by atomic mass is 32.1. The molecule has 0 radical (unpaired) electrons. The van der Waals surface area contributed by atoms with Gasteiger partial charge in [-0.1, -0.05) is 36.4 Å². The van der Waals surface area contributed by atoms with E-state index in [1.165, 1.54) is 10.4 Å². The van der Waals surface area contributed by atoms with Gasteiger partial charge in [-0.3, -0.25) is 0 Å². The van der Waals surface area contributed by atoms with Crippen molar-refractivity contribution >= 4 is 23.6 Å². The van der Waals surface area contributed by atoms with E-state index in [0.717, 1.165) is 4.78 Å². The molecule has 0 saturated carbocycles. The van der Waals surface area contributed by atoms with Gasteiger partial charge in [-0.15, -0.1) is 11.3 Å². The van der Waals surface area contributed by atoms with Gasteiger partial charge in [-0.05, 0) is 11.6 Å². The lowest BCUT2D eigenvalue weighted by Crippen LogP contribution is -2.06. The van der Waals surface area contributed by atoms with Crippen LogP contribution in [-0.4, -0.2) is 12.5 Å². The monoisotopic (exact) mass is 188 g/mol. The number of hydrogen-bond acceptors (Lipinski definition) is 2. The summed E-state index contributed by atoms with van der Waals surface area (Å²) < 4.78 is 1.01. The molecule has 0 spiro atoms. The van der Waals surface area contributed by atoms with E-state index in [4.69, 9.17) is 5.02 Å². The fourth-order valence-corrected chi connectivity index (χ4v) is 2.09. The van der Waals surface area contributed by atoms with Gasteiger partial charge in [0.25, 0.3) is 0 Å². The van der Waals surface area contributed by atoms with Crippen molar-refractivity contribution in [3.05, 3.63) is 42.5 Å². The second kappa shape index (κ2) is 3.77. The van der Waals surface area contributed by atoms with Gasteiger partial charge in [-0.25, -0.2) is 0 Å². The highest BCUT2D eigenvalue weighted by Gasteiger charge is 2.01. The Morgan fingerprint density at radius 2 is 1.77 bits per heavy atom. The van der Waals surface area contributed by atoms with Gasteiger partial charge in [0.15, 0.2) is 0 Å². The Labute approximate surface area is 81.9 Å². The Kier molecular flexibility index (Phi) is 2.48. The molecule has 1 aromatic heterocycles. The van der Waals surface area contributed by atoms with Crippen molar-refractivity contribution in [1.29, 1.82) is 0 Å². The molecule has 0 unspecified atom stereocenters. The summed E-state index contributed by atoms with van der Waals surface area (Å²) >= 11 is 1.64. The molecule has 1 nitrogen and oxygen atoms in total. The first kappa shape index (κ1) is 8.54. The Hall–Kier alpha value is -1.06. The molecule has 0 atom stereocenters. The van der Waals surface area contributed by atoms with E-state index < -0.39 is 0 Å². The summed E-state index contributed by atoms with van der Waals surface area (Å²) in [6.45, 7) is 0. The zero-order valence-electron chi connectivity index (χ0n) is 7.10. The fourth-order valence-electron chi connectivity index (χ4n) is 1.22. The van der Waals surface area contributed by atoms with Gasteiger partial charge in [0.2, 0.25) is 0 Å². The molecule has 0 fully saturated rings. The summed E-state index contributed by atoms with van der Waals surface area (Å²) in [4.78, 5) is 1.21. The van der Waals surface area contributed by atoms with Crippen LogP contribution in [0.3, 0.4) is 0 Å². The minimum absolute atomic E-state index is 0.136. The first-order valence-corrected chi connectivity index (χ1v) is 4.97. The maximum absolute atomic E-state index is 8.91. The topological polar surface area (TPSA) is 20.2 Å². The van der Waals surface area contributed by atoms with Gasteiger partial charge < -0.3 is 5.02 Å². The van der Waals surface area contributed by atoms with Crippen LogP contribution in [0.15, 0.2) is 42.5 Å². The van der Waals surface area contributed by atoms with Crippen molar-refractivity contribution in [2.75, 3.05) is 0 Å². The third-order valence-electron chi connectivity index (χ3n) is 1.88. The molecule has 3 heteroatoms. The van der Waals surface area contributed by atoms with E-state index in [1.54, 1.807) is 11.3 Å². The highest BCUT2D eigenvalue weighted by molar-refractivity contribution is 7.23. The summed E-state index contributed by atoms with van der Waals surface area (Å²) in [6.07, 6.45) is 0. The van der Waals surface area contributed by atoms with Crippen LogP contribution in [0.1, 0.15) is 0 Å². The van der Waals surface area contributed by atoms with E-state index in [9.17, 15) is 0 Å². The Morgan fingerprint density at radius 3 is 2.38 bits per heavy atom. The Balaban J connectivity index is 2.36. The summed E-state index contributed by atoms with van der Waals surface area (Å²) in [5.74, 6) is 0. The first-order valence-electron chi connectivity index (χ1n) is 4.15. The molecule has 1 heterocycles. The van der Waals surface area contributed by atoms with Crippen molar-refractivity contribution in [3.63, 3.8) is 0 Å². The summed E-state index contributed by atoms with van der Waals surface area (Å²) in [6, 6.07) is 14.2. The number of thiophene rings is 1. The van der Waals surface area contributed by atoms with E-state index in [1.807, 2.05) is 30.3 Å². The van der Waals surface area contributed by atoms with E-state index in [0.29, 0.717) is 0 Å². The summed E-state index contributed by atoms with van der Waals surface area (Å²) in [5, 5.41) is 8.91. The van der Waals surface area contributed by atoms with Crippen molar-refractivity contribution in [3.8, 4) is 10.4 Å². The molecule has 13 heavy (non-hydrogen) atoms. The molecule has 2 rings (SSSR count). The van der Waals surface area contributed by atoms with Crippen LogP contribution in [0, 0.1) is 0 Å². The maximum Gasteiger partial charge on any atom is 0.315 e. The Morgan fingerprint density at radius 1 is 1.00 bits per heavy atom. The third kappa shape index (κ3) is 1.82. The maximum atomic E-state index is 8.91. The van der Waals surface area contributed by atoms with Crippen molar-refractivity contribution in [2.45, 2.75) is 0 Å². The Bertz CT molecular complexity index is 383. The van der Waals surface area contributed by atoms with Crippen molar-refractivity contribution in [2.24, 2.45) is 0 Å². The van der Waals surface area contributed by atoms with Gasteiger partial charge in [0.05, 0.1) is 0 Å². The molecule has 1 N–H and O–H groups in total. The molecular formula is C10H9BOS. The lowest BCUT2D eigenvalue weighted by Gasteiger charge is -1.94. The van der Waals surface area contributed by atoms with Gasteiger partial charge in [0, 0.05) is 9.65 Å². The lowest BCUT2D eigenvalue weighted by atomic mass is 10.0. The molecule has 0 bridgehead atoms. The predicted octanol–water partition coefficient (Wildman–Crippen LogP) is 1.38. The predicted molar refractivity (Wildman–Crippen MR) is 58.8 cm³/mol. The average Bonchev–Trinajstić information content (AvgIpc) is 2.67. The van der Waals surface area contributed by atoms with Crippen LogP contribution >= 0.6 is 11.3 Å². The average molecular weight is 188 g/mol. The van der Waals surface area contributed by atoms with Gasteiger partial charge >= 0.3 is 7.48 Å². The quantitative estimate of drug-likeness (QED) is 0.706. The minimum Gasteiger partial charge on any atom is -0.449 e. The van der Waals surface area contributed by atoms with Crippen LogP contribution in [0.4, 0.5) is 0 Å². The molecule has 0 aliphatic heterocycles. The van der Waals surface area contributed by atoms with Crippen LogP contribution in [0.2, 0.25) is 0 Å². The molecule has 64 valence electrons. The van der Waals surface area contributed by atoms with E-state index in [-0.39, 0.29) is 7.48 Å². The second-order valence-electron chi connectivity index (χ2n) is 2.79. The molecule has 0 amide bonds. The molecule has 2 aromatic rings. The van der Waals surface area contributed by atoms with E-state index in [2.05, 4.69) is 12.1 Å². The molecular weight excluding hydrogens is 179 g/mol. The van der Waals surface area contributed by atoms with Crippen LogP contribution in [0.5, 0.6) is 0 Å². The zero-order chi connectivity index (χ0) is 9.10. The van der Waals surface area contributed by atoms with Gasteiger partial charge in [0.1, 0.15) is 0 Å². The normalized spacial score (nSPS) is 9.92. The first-order chi connectivity index (χ1) is 6.40. The summed E-state index contributed by atoms with van der Waals surface area (Å²) in [5.41, 5.74) is 1.22. The highest BCUT2D eigenvalue weighted by Crippen LogP contribution is 2.22. The molecule has 0 saturated heterocycles. The van der Waals surface area contributed by atoms with Crippen molar-refractivity contribution < 1.29 is 5.02 Å². The summed E-state index contributed by atoms with van der Waals surface area (Å²) in [7, 11) is 0.136. The van der Waals surface area contributed by atoms with Crippen LogP contribution in [-0.2, 0) is 0 Å². The SMILES string of the molecule is OBc1ccc(-c2ccccc2)s1. The molecule has 1 aromatic carbocycles. The largest absolute Gasteiger partial charge is 0.449 e. The lowest BCUT2D eigenvalue weighted by molar-refractivity contribution is 0.616. The number of hydrogen-bond donors (Lipinski definition) is 1. The van der Waals surface area contributed by atoms with E-state index >= 15 is 0 Å². The number of benzene rings is 1. The zero-order valence-corrected chi connectivity index (χ0v) is 7.92. The van der Waals surface area contributed by atoms with Gasteiger partial charge in [-0.2, -0.15) is 0 Å². The van der Waals surface area contributed by atoms with Crippen LogP contribution in [0.25, 0.3) is 10.4 Å². The second-order valence-corrected chi connectivity index (χ2v) is 3.96. The fraction of sp³-hybridized carbons (Fsp3) is 0. The smallest absolute Gasteiger partial charge is 0.315 e.